The zero-order chi connectivity index (χ0) is 13.0. The molecule has 0 fully saturated rings. The molecular formula is C14H17ClN2S. The fourth-order valence-electron chi connectivity index (χ4n) is 1.84. The Morgan fingerprint density at radius 2 is 2.17 bits per heavy atom. The molecule has 4 heteroatoms. The Balaban J connectivity index is 1.90. The van der Waals surface area contributed by atoms with Crippen LogP contribution in [0.15, 0.2) is 35.7 Å². The largest absolute Gasteiger partial charge is 0.398 e. The van der Waals surface area contributed by atoms with Gasteiger partial charge in [0.25, 0.3) is 0 Å². The third-order valence-corrected chi connectivity index (χ3v) is 4.04. The van der Waals surface area contributed by atoms with Gasteiger partial charge in [0.2, 0.25) is 0 Å². The molecule has 0 saturated carbocycles. The number of anilines is 1. The number of rotatable bonds is 5. The zero-order valence-corrected chi connectivity index (χ0v) is 12.0. The van der Waals surface area contributed by atoms with Gasteiger partial charge >= 0.3 is 0 Å². The molecule has 2 N–H and O–H groups in total. The lowest BCUT2D eigenvalue weighted by Gasteiger charge is -2.17. The van der Waals surface area contributed by atoms with Gasteiger partial charge in [-0.15, -0.1) is 11.3 Å². The molecule has 1 heterocycles. The summed E-state index contributed by atoms with van der Waals surface area (Å²) in [6, 6.07) is 9.90. The molecule has 0 saturated heterocycles. The topological polar surface area (TPSA) is 29.3 Å². The Labute approximate surface area is 117 Å². The minimum Gasteiger partial charge on any atom is -0.398 e. The van der Waals surface area contributed by atoms with Crippen LogP contribution >= 0.6 is 22.9 Å². The lowest BCUT2D eigenvalue weighted by atomic mass is 10.1. The zero-order valence-electron chi connectivity index (χ0n) is 10.4. The summed E-state index contributed by atoms with van der Waals surface area (Å²) in [4.78, 5) is 3.68. The summed E-state index contributed by atoms with van der Waals surface area (Å²) in [5.41, 5.74) is 7.85. The Hall–Kier alpha value is -1.03. The smallest absolute Gasteiger partial charge is 0.0410 e. The van der Waals surface area contributed by atoms with Gasteiger partial charge in [-0.3, -0.25) is 0 Å². The lowest BCUT2D eigenvalue weighted by molar-refractivity contribution is 0.332. The van der Waals surface area contributed by atoms with E-state index in [4.69, 9.17) is 17.3 Å². The Morgan fingerprint density at radius 1 is 1.33 bits per heavy atom. The predicted octanol–water partition coefficient (Wildman–Crippen LogP) is 3.66. The van der Waals surface area contributed by atoms with Gasteiger partial charge in [-0.1, -0.05) is 17.7 Å². The first-order valence-electron chi connectivity index (χ1n) is 5.90. The number of nitrogens with zero attached hydrogens (tertiary/aromatic N) is 1. The number of thiophene rings is 1. The van der Waals surface area contributed by atoms with Crippen LogP contribution in [0.2, 0.25) is 5.02 Å². The van der Waals surface area contributed by atoms with Crippen molar-refractivity contribution >= 4 is 28.6 Å². The Kier molecular flexibility index (Phi) is 4.64. The highest BCUT2D eigenvalue weighted by Gasteiger charge is 2.05. The van der Waals surface area contributed by atoms with Gasteiger partial charge in [0.05, 0.1) is 0 Å². The number of nitrogens with two attached hydrogens (primary N) is 1. The third-order valence-electron chi connectivity index (χ3n) is 2.87. The third kappa shape index (κ3) is 3.73. The molecular weight excluding hydrogens is 264 g/mol. The van der Waals surface area contributed by atoms with Crippen LogP contribution in [-0.4, -0.2) is 18.5 Å². The minimum absolute atomic E-state index is 0.742. The number of benzene rings is 1. The monoisotopic (exact) mass is 280 g/mol. The van der Waals surface area contributed by atoms with E-state index in [-0.39, 0.29) is 0 Å². The molecule has 0 unspecified atom stereocenters. The maximum absolute atomic E-state index is 5.99. The summed E-state index contributed by atoms with van der Waals surface area (Å²) >= 11 is 7.79. The van der Waals surface area contributed by atoms with Crippen molar-refractivity contribution in [2.45, 2.75) is 13.0 Å². The van der Waals surface area contributed by atoms with E-state index in [0.717, 1.165) is 35.8 Å². The van der Waals surface area contributed by atoms with Gasteiger partial charge < -0.3 is 10.6 Å². The number of likely N-dealkylation sites (N-methyl/N-ethyl adjacent to an activating group) is 1. The van der Waals surface area contributed by atoms with E-state index in [9.17, 15) is 0 Å². The van der Waals surface area contributed by atoms with Crippen molar-refractivity contribution in [3.05, 3.63) is 51.2 Å². The number of nitrogen functional groups attached to an aromatic ring is 1. The molecule has 1 aromatic heterocycles. The minimum atomic E-state index is 0.742. The van der Waals surface area contributed by atoms with E-state index in [0.29, 0.717) is 0 Å². The summed E-state index contributed by atoms with van der Waals surface area (Å²) in [5.74, 6) is 0. The molecule has 2 aromatic rings. The molecule has 0 radical (unpaired) electrons. The second-order valence-corrected chi connectivity index (χ2v) is 5.88. The SMILES string of the molecule is CN(CCc1cccs1)Cc1cc(Cl)ccc1N. The second kappa shape index (κ2) is 6.23. The van der Waals surface area contributed by atoms with Crippen molar-refractivity contribution in [2.24, 2.45) is 0 Å². The highest BCUT2D eigenvalue weighted by atomic mass is 35.5. The van der Waals surface area contributed by atoms with E-state index in [1.807, 2.05) is 18.2 Å². The number of hydrogen-bond acceptors (Lipinski definition) is 3. The Morgan fingerprint density at radius 3 is 2.89 bits per heavy atom. The lowest BCUT2D eigenvalue weighted by Crippen LogP contribution is -2.21. The van der Waals surface area contributed by atoms with E-state index in [1.165, 1.54) is 4.88 Å². The Bertz CT molecular complexity index is 497. The first-order chi connectivity index (χ1) is 8.65. The highest BCUT2D eigenvalue weighted by Crippen LogP contribution is 2.19. The normalized spacial score (nSPS) is 11.1. The van der Waals surface area contributed by atoms with E-state index in [2.05, 4.69) is 29.5 Å². The second-order valence-electron chi connectivity index (χ2n) is 4.41. The van der Waals surface area contributed by atoms with Crippen molar-refractivity contribution in [1.82, 2.24) is 4.90 Å². The van der Waals surface area contributed by atoms with Gasteiger partial charge in [0.15, 0.2) is 0 Å². The summed E-state index contributed by atoms with van der Waals surface area (Å²) in [6.45, 7) is 1.85. The standard InChI is InChI=1S/C14H17ClN2S/c1-17(7-6-13-3-2-8-18-13)10-11-9-12(15)4-5-14(11)16/h2-5,8-9H,6-7,10,16H2,1H3. The van der Waals surface area contributed by atoms with E-state index >= 15 is 0 Å². The molecule has 0 amide bonds. The molecule has 0 aliphatic carbocycles. The van der Waals surface area contributed by atoms with Gasteiger partial charge in [-0.2, -0.15) is 0 Å². The van der Waals surface area contributed by atoms with Crippen molar-refractivity contribution in [3.63, 3.8) is 0 Å². The van der Waals surface area contributed by atoms with Gasteiger partial charge in [-0.25, -0.2) is 0 Å². The van der Waals surface area contributed by atoms with Crippen molar-refractivity contribution in [3.8, 4) is 0 Å². The van der Waals surface area contributed by atoms with Crippen LogP contribution in [0.1, 0.15) is 10.4 Å². The number of halogens is 1. The van der Waals surface area contributed by atoms with E-state index in [1.54, 1.807) is 11.3 Å². The molecule has 0 aliphatic rings. The van der Waals surface area contributed by atoms with Crippen LogP contribution < -0.4 is 5.73 Å². The molecule has 18 heavy (non-hydrogen) atoms. The quantitative estimate of drug-likeness (QED) is 0.847. The van der Waals surface area contributed by atoms with Crippen LogP contribution in [0, 0.1) is 0 Å². The summed E-state index contributed by atoms with van der Waals surface area (Å²) in [6.07, 6.45) is 1.08. The van der Waals surface area contributed by atoms with Gasteiger partial charge in [0.1, 0.15) is 0 Å². The van der Waals surface area contributed by atoms with Crippen LogP contribution in [0.5, 0.6) is 0 Å². The molecule has 0 spiro atoms. The highest BCUT2D eigenvalue weighted by molar-refractivity contribution is 7.09. The summed E-state index contributed by atoms with van der Waals surface area (Å²) in [5, 5.41) is 2.86. The maximum atomic E-state index is 5.99. The van der Waals surface area contributed by atoms with Crippen molar-refractivity contribution < 1.29 is 0 Å². The predicted molar refractivity (Wildman–Crippen MR) is 80.2 cm³/mol. The van der Waals surface area contributed by atoms with Crippen LogP contribution in [-0.2, 0) is 13.0 Å². The first-order valence-corrected chi connectivity index (χ1v) is 7.16. The molecule has 2 rings (SSSR count). The molecule has 0 bridgehead atoms. The molecule has 1 aromatic carbocycles. The number of hydrogen-bond donors (Lipinski definition) is 1. The molecule has 0 aliphatic heterocycles. The van der Waals surface area contributed by atoms with E-state index < -0.39 is 0 Å². The maximum Gasteiger partial charge on any atom is 0.0410 e. The summed E-state index contributed by atoms with van der Waals surface area (Å²) < 4.78 is 0. The van der Waals surface area contributed by atoms with Gasteiger partial charge in [-0.05, 0) is 48.7 Å². The average Bonchev–Trinajstić information content (AvgIpc) is 2.84. The van der Waals surface area contributed by atoms with Crippen molar-refractivity contribution in [2.75, 3.05) is 19.3 Å². The van der Waals surface area contributed by atoms with Crippen LogP contribution in [0.25, 0.3) is 0 Å². The fourth-order valence-corrected chi connectivity index (χ4v) is 2.73. The average molecular weight is 281 g/mol. The van der Waals surface area contributed by atoms with Crippen LogP contribution in [0.3, 0.4) is 0 Å². The van der Waals surface area contributed by atoms with Crippen molar-refractivity contribution in [1.29, 1.82) is 0 Å². The molecule has 0 atom stereocenters. The molecule has 96 valence electrons. The van der Waals surface area contributed by atoms with Gasteiger partial charge in [0, 0.05) is 28.7 Å². The molecule has 2 nitrogen and oxygen atoms in total. The van der Waals surface area contributed by atoms with Crippen LogP contribution in [0.4, 0.5) is 5.69 Å². The summed E-state index contributed by atoms with van der Waals surface area (Å²) in [7, 11) is 2.11. The fraction of sp³-hybridized carbons (Fsp3) is 0.286. The first kappa shape index (κ1) is 13.4.